The number of carbonyl (C=O) groups is 1. The summed E-state index contributed by atoms with van der Waals surface area (Å²) in [5, 5.41) is 9.55. The fourth-order valence-corrected chi connectivity index (χ4v) is 1.26. The highest BCUT2D eigenvalue weighted by Gasteiger charge is 2.35. The minimum Gasteiger partial charge on any atom is -0.504 e. The van der Waals surface area contributed by atoms with Gasteiger partial charge in [0.15, 0.2) is 11.5 Å². The lowest BCUT2D eigenvalue weighted by atomic mass is 10.0. The van der Waals surface area contributed by atoms with Gasteiger partial charge in [-0.2, -0.15) is 0 Å². The Kier molecular flexibility index (Phi) is 3.77. The molecule has 1 atom stereocenters. The van der Waals surface area contributed by atoms with Crippen LogP contribution in [0.25, 0.3) is 0 Å². The highest BCUT2D eigenvalue weighted by atomic mass is 16.6. The van der Waals surface area contributed by atoms with Gasteiger partial charge >= 0.3 is 5.97 Å². The summed E-state index contributed by atoms with van der Waals surface area (Å²) in [6.07, 6.45) is 0.452. The van der Waals surface area contributed by atoms with E-state index in [1.54, 1.807) is 25.1 Å². The van der Waals surface area contributed by atoms with Gasteiger partial charge in [-0.1, -0.05) is 19.1 Å². The molecular weight excluding hydrogens is 208 g/mol. The standard InChI is InChI=1S/C12H16O4/c1-4-12(2,11(14)15-3)16-10-8-6-5-7-9(10)13/h5-8,13H,4H2,1-3H3/t12-/m1/s1. The first kappa shape index (κ1) is 12.4. The number of aromatic hydroxyl groups is 1. The Labute approximate surface area is 94.8 Å². The van der Waals surface area contributed by atoms with Crippen LogP contribution in [0, 0.1) is 0 Å². The maximum absolute atomic E-state index is 11.6. The molecule has 88 valence electrons. The van der Waals surface area contributed by atoms with Crippen molar-refractivity contribution in [3.63, 3.8) is 0 Å². The topological polar surface area (TPSA) is 55.8 Å². The molecule has 0 unspecified atom stereocenters. The quantitative estimate of drug-likeness (QED) is 0.796. The number of ether oxygens (including phenoxy) is 2. The normalized spacial score (nSPS) is 13.9. The van der Waals surface area contributed by atoms with Crippen molar-refractivity contribution in [3.8, 4) is 11.5 Å². The van der Waals surface area contributed by atoms with Gasteiger partial charge in [-0.25, -0.2) is 4.79 Å². The molecule has 0 aliphatic rings. The van der Waals surface area contributed by atoms with Crippen LogP contribution in [0.15, 0.2) is 24.3 Å². The lowest BCUT2D eigenvalue weighted by Gasteiger charge is -2.26. The average molecular weight is 224 g/mol. The number of hydrogen-bond donors (Lipinski definition) is 1. The van der Waals surface area contributed by atoms with E-state index in [4.69, 9.17) is 4.74 Å². The molecule has 0 saturated heterocycles. The van der Waals surface area contributed by atoms with E-state index in [1.165, 1.54) is 13.2 Å². The van der Waals surface area contributed by atoms with E-state index in [9.17, 15) is 9.90 Å². The summed E-state index contributed by atoms with van der Waals surface area (Å²) in [7, 11) is 1.31. The summed E-state index contributed by atoms with van der Waals surface area (Å²) in [5.74, 6) is -0.179. The number of hydrogen-bond acceptors (Lipinski definition) is 4. The van der Waals surface area contributed by atoms with Crippen LogP contribution in [0.3, 0.4) is 0 Å². The maximum Gasteiger partial charge on any atom is 0.349 e. The van der Waals surface area contributed by atoms with Crippen LogP contribution < -0.4 is 4.74 Å². The molecule has 0 saturated carbocycles. The monoisotopic (exact) mass is 224 g/mol. The van der Waals surface area contributed by atoms with Crippen molar-refractivity contribution in [2.45, 2.75) is 25.9 Å². The molecule has 0 aliphatic carbocycles. The largest absolute Gasteiger partial charge is 0.504 e. The number of phenolic OH excluding ortho intramolecular Hbond substituents is 1. The van der Waals surface area contributed by atoms with Crippen molar-refractivity contribution >= 4 is 5.97 Å². The van der Waals surface area contributed by atoms with Crippen molar-refractivity contribution < 1.29 is 19.4 Å². The summed E-state index contributed by atoms with van der Waals surface area (Å²) < 4.78 is 10.2. The second-order valence-corrected chi connectivity index (χ2v) is 3.65. The molecule has 0 aromatic heterocycles. The first-order chi connectivity index (χ1) is 7.53. The van der Waals surface area contributed by atoms with Gasteiger partial charge in [-0.05, 0) is 25.5 Å². The van der Waals surface area contributed by atoms with E-state index in [0.29, 0.717) is 6.42 Å². The van der Waals surface area contributed by atoms with Gasteiger partial charge in [0.2, 0.25) is 5.60 Å². The zero-order valence-corrected chi connectivity index (χ0v) is 9.69. The minimum absolute atomic E-state index is 0.00563. The van der Waals surface area contributed by atoms with Crippen LogP contribution >= 0.6 is 0 Å². The zero-order chi connectivity index (χ0) is 12.2. The summed E-state index contributed by atoms with van der Waals surface area (Å²) >= 11 is 0. The molecule has 16 heavy (non-hydrogen) atoms. The van der Waals surface area contributed by atoms with Crippen LogP contribution in [0.5, 0.6) is 11.5 Å². The second-order valence-electron chi connectivity index (χ2n) is 3.65. The number of para-hydroxylation sites is 2. The SMILES string of the molecule is CC[C@@](C)(Oc1ccccc1O)C(=O)OC. The predicted octanol–water partition coefficient (Wildman–Crippen LogP) is 2.11. The van der Waals surface area contributed by atoms with Crippen LogP contribution in [-0.4, -0.2) is 23.8 Å². The first-order valence-electron chi connectivity index (χ1n) is 5.09. The van der Waals surface area contributed by atoms with E-state index >= 15 is 0 Å². The Morgan fingerprint density at radius 3 is 2.56 bits per heavy atom. The van der Waals surface area contributed by atoms with Crippen LogP contribution in [0.1, 0.15) is 20.3 Å². The van der Waals surface area contributed by atoms with Crippen LogP contribution in [-0.2, 0) is 9.53 Å². The highest BCUT2D eigenvalue weighted by Crippen LogP contribution is 2.30. The Hall–Kier alpha value is -1.71. The van der Waals surface area contributed by atoms with E-state index in [2.05, 4.69) is 4.74 Å². The lowest BCUT2D eigenvalue weighted by Crippen LogP contribution is -2.41. The number of esters is 1. The number of phenols is 1. The Morgan fingerprint density at radius 2 is 2.06 bits per heavy atom. The molecule has 1 aromatic rings. The summed E-state index contributed by atoms with van der Waals surface area (Å²) in [6.45, 7) is 3.45. The third-order valence-electron chi connectivity index (χ3n) is 2.49. The molecule has 1 N–H and O–H groups in total. The van der Waals surface area contributed by atoms with Gasteiger partial charge in [0.1, 0.15) is 0 Å². The molecule has 0 aliphatic heterocycles. The molecular formula is C12H16O4. The average Bonchev–Trinajstić information content (AvgIpc) is 2.31. The van der Waals surface area contributed by atoms with Gasteiger partial charge in [-0.15, -0.1) is 0 Å². The third-order valence-corrected chi connectivity index (χ3v) is 2.49. The van der Waals surface area contributed by atoms with Gasteiger partial charge in [-0.3, -0.25) is 0 Å². The summed E-state index contributed by atoms with van der Waals surface area (Å²) in [4.78, 5) is 11.6. The minimum atomic E-state index is -1.08. The molecule has 1 aromatic carbocycles. The van der Waals surface area contributed by atoms with Crippen molar-refractivity contribution in [2.75, 3.05) is 7.11 Å². The van der Waals surface area contributed by atoms with E-state index in [0.717, 1.165) is 0 Å². The second kappa shape index (κ2) is 4.88. The molecule has 1 rings (SSSR count). The Morgan fingerprint density at radius 1 is 1.44 bits per heavy atom. The molecule has 0 spiro atoms. The number of rotatable bonds is 4. The molecule has 4 heteroatoms. The van der Waals surface area contributed by atoms with E-state index < -0.39 is 11.6 Å². The fourth-order valence-electron chi connectivity index (χ4n) is 1.26. The fraction of sp³-hybridized carbons (Fsp3) is 0.417. The van der Waals surface area contributed by atoms with Gasteiger partial charge < -0.3 is 14.6 Å². The van der Waals surface area contributed by atoms with E-state index in [1.807, 2.05) is 6.92 Å². The number of carbonyl (C=O) groups excluding carboxylic acids is 1. The van der Waals surface area contributed by atoms with Crippen molar-refractivity contribution in [1.82, 2.24) is 0 Å². The molecule has 0 heterocycles. The van der Waals surface area contributed by atoms with Crippen LogP contribution in [0.2, 0.25) is 0 Å². The number of methoxy groups -OCH3 is 1. The van der Waals surface area contributed by atoms with Crippen molar-refractivity contribution in [3.05, 3.63) is 24.3 Å². The molecule has 0 fully saturated rings. The molecule has 0 bridgehead atoms. The van der Waals surface area contributed by atoms with Crippen molar-refractivity contribution in [2.24, 2.45) is 0 Å². The predicted molar refractivity (Wildman–Crippen MR) is 59.4 cm³/mol. The molecule has 0 amide bonds. The summed E-state index contributed by atoms with van der Waals surface area (Å²) in [6, 6.07) is 6.51. The van der Waals surface area contributed by atoms with Crippen molar-refractivity contribution in [1.29, 1.82) is 0 Å². The summed E-state index contributed by atoms with van der Waals surface area (Å²) in [5.41, 5.74) is -1.08. The molecule has 0 radical (unpaired) electrons. The van der Waals surface area contributed by atoms with Crippen LogP contribution in [0.4, 0.5) is 0 Å². The van der Waals surface area contributed by atoms with Gasteiger partial charge in [0.05, 0.1) is 7.11 Å². The third kappa shape index (κ3) is 2.45. The van der Waals surface area contributed by atoms with Gasteiger partial charge in [0, 0.05) is 0 Å². The zero-order valence-electron chi connectivity index (χ0n) is 9.69. The van der Waals surface area contributed by atoms with E-state index in [-0.39, 0.29) is 11.5 Å². The smallest absolute Gasteiger partial charge is 0.349 e. The molecule has 4 nitrogen and oxygen atoms in total. The highest BCUT2D eigenvalue weighted by molar-refractivity contribution is 5.79. The van der Waals surface area contributed by atoms with Gasteiger partial charge in [0.25, 0.3) is 0 Å². The Balaban J connectivity index is 2.94. The first-order valence-corrected chi connectivity index (χ1v) is 5.09. The maximum atomic E-state index is 11.6. The Bertz CT molecular complexity index is 375. The number of benzene rings is 1. The lowest BCUT2D eigenvalue weighted by molar-refractivity contribution is -0.157.